The first-order chi connectivity index (χ1) is 12.1. The van der Waals surface area contributed by atoms with Crippen LogP contribution >= 0.6 is 23.1 Å². The van der Waals surface area contributed by atoms with Crippen LogP contribution in [0.15, 0.2) is 34.4 Å². The average molecular weight is 372 g/mol. The zero-order valence-corrected chi connectivity index (χ0v) is 15.4. The molecule has 25 heavy (non-hydrogen) atoms. The van der Waals surface area contributed by atoms with Crippen LogP contribution in [0.4, 0.5) is 5.13 Å². The summed E-state index contributed by atoms with van der Waals surface area (Å²) in [6.07, 6.45) is 0. The number of aryl methyl sites for hydroxylation is 1. The fourth-order valence-electron chi connectivity index (χ4n) is 2.31. The maximum Gasteiger partial charge on any atom is 0.206 e. The van der Waals surface area contributed by atoms with Crippen molar-refractivity contribution in [3.63, 3.8) is 0 Å². The normalized spacial score (nSPS) is 12.0. The quantitative estimate of drug-likeness (QED) is 0.388. The third-order valence-corrected chi connectivity index (χ3v) is 5.50. The minimum Gasteiger partial charge on any atom is -0.510 e. The van der Waals surface area contributed by atoms with Crippen molar-refractivity contribution in [1.82, 2.24) is 19.7 Å². The minimum absolute atomic E-state index is 0.0221. The van der Waals surface area contributed by atoms with E-state index in [4.69, 9.17) is 0 Å². The van der Waals surface area contributed by atoms with Crippen LogP contribution in [0.3, 0.4) is 0 Å². The van der Waals surface area contributed by atoms with Gasteiger partial charge in [0.1, 0.15) is 17.4 Å². The molecule has 0 spiro atoms. The van der Waals surface area contributed by atoms with Crippen molar-refractivity contribution in [1.29, 1.82) is 5.26 Å². The summed E-state index contributed by atoms with van der Waals surface area (Å²) in [7, 11) is 1.83. The Hall–Kier alpha value is -2.57. The largest absolute Gasteiger partial charge is 0.510 e. The number of anilines is 1. The molecule has 0 saturated carbocycles. The molecular weight excluding hydrogens is 356 g/mol. The van der Waals surface area contributed by atoms with Crippen molar-refractivity contribution < 1.29 is 5.11 Å². The SMILES string of the molecule is CCNc1nnc(SC/C(O)=C(\C#N)c2nc3ccccc3n2C)s1. The predicted octanol–water partition coefficient (Wildman–Crippen LogP) is 3.44. The monoisotopic (exact) mass is 372 g/mol. The molecule has 2 aromatic heterocycles. The number of benzene rings is 1. The number of nitrogens with zero attached hydrogens (tertiary/aromatic N) is 5. The molecule has 3 rings (SSSR count). The van der Waals surface area contributed by atoms with Crippen LogP contribution in [0.2, 0.25) is 0 Å². The number of para-hydroxylation sites is 2. The molecule has 2 N–H and O–H groups in total. The van der Waals surface area contributed by atoms with Crippen molar-refractivity contribution in [2.45, 2.75) is 11.3 Å². The van der Waals surface area contributed by atoms with Gasteiger partial charge in [0.15, 0.2) is 10.2 Å². The van der Waals surface area contributed by atoms with E-state index in [1.54, 1.807) is 0 Å². The van der Waals surface area contributed by atoms with Crippen LogP contribution in [0, 0.1) is 11.3 Å². The maximum atomic E-state index is 10.4. The summed E-state index contributed by atoms with van der Waals surface area (Å²) >= 11 is 2.75. The van der Waals surface area contributed by atoms with Gasteiger partial charge in [0, 0.05) is 13.6 Å². The molecule has 0 amide bonds. The average Bonchev–Trinajstić information content (AvgIpc) is 3.20. The first-order valence-corrected chi connectivity index (χ1v) is 9.38. The molecule has 3 aromatic rings. The second-order valence-corrected chi connectivity index (χ2v) is 7.31. The van der Waals surface area contributed by atoms with Gasteiger partial charge in [0.2, 0.25) is 5.13 Å². The number of hydrogen-bond donors (Lipinski definition) is 2. The Morgan fingerprint density at radius 1 is 1.40 bits per heavy atom. The van der Waals surface area contributed by atoms with E-state index in [0.29, 0.717) is 5.82 Å². The number of aliphatic hydroxyl groups is 1. The zero-order chi connectivity index (χ0) is 17.8. The molecule has 2 heterocycles. The summed E-state index contributed by atoms with van der Waals surface area (Å²) in [5.74, 6) is 0.658. The molecule has 9 heteroatoms. The van der Waals surface area contributed by atoms with Gasteiger partial charge in [-0.1, -0.05) is 35.2 Å². The summed E-state index contributed by atoms with van der Waals surface area (Å²) in [5.41, 5.74) is 1.86. The Labute approximate surface area is 153 Å². The van der Waals surface area contributed by atoms with E-state index in [-0.39, 0.29) is 17.1 Å². The topological polar surface area (TPSA) is 99.7 Å². The van der Waals surface area contributed by atoms with Crippen molar-refractivity contribution in [3.8, 4) is 6.07 Å². The van der Waals surface area contributed by atoms with Crippen LogP contribution in [0.1, 0.15) is 12.7 Å². The Morgan fingerprint density at radius 3 is 2.92 bits per heavy atom. The van der Waals surface area contributed by atoms with Crippen molar-refractivity contribution in [2.24, 2.45) is 7.05 Å². The van der Waals surface area contributed by atoms with Crippen molar-refractivity contribution >= 4 is 44.8 Å². The number of fused-ring (bicyclic) bond motifs is 1. The number of hydrogen-bond acceptors (Lipinski definition) is 8. The van der Waals surface area contributed by atoms with Gasteiger partial charge in [-0.25, -0.2) is 4.98 Å². The van der Waals surface area contributed by atoms with Crippen LogP contribution in [-0.2, 0) is 7.05 Å². The summed E-state index contributed by atoms with van der Waals surface area (Å²) < 4.78 is 2.54. The number of allylic oxidation sites excluding steroid dienone is 1. The summed E-state index contributed by atoms with van der Waals surface area (Å²) in [5, 5.41) is 31.8. The lowest BCUT2D eigenvalue weighted by Gasteiger charge is -2.04. The van der Waals surface area contributed by atoms with E-state index in [1.165, 1.54) is 23.1 Å². The fourth-order valence-corrected chi connectivity index (χ4v) is 4.00. The van der Waals surface area contributed by atoms with E-state index >= 15 is 0 Å². The predicted molar refractivity (Wildman–Crippen MR) is 101 cm³/mol. The van der Waals surface area contributed by atoms with Crippen molar-refractivity contribution in [2.75, 3.05) is 17.6 Å². The third-order valence-electron chi connectivity index (χ3n) is 3.48. The van der Waals surface area contributed by atoms with Gasteiger partial charge in [-0.2, -0.15) is 5.26 Å². The van der Waals surface area contributed by atoms with E-state index in [2.05, 4.69) is 26.6 Å². The standard InChI is InChI=1S/C16H16N6OS2/c1-3-18-15-20-21-16(25-15)24-9-13(23)10(8-17)14-19-11-6-4-5-7-12(11)22(14)2/h4-7,23H,3,9H2,1-2H3,(H,18,20)/b13-10-. The van der Waals surface area contributed by atoms with Gasteiger partial charge < -0.3 is 15.0 Å². The van der Waals surface area contributed by atoms with Gasteiger partial charge in [0.25, 0.3) is 0 Å². The number of nitriles is 1. The van der Waals surface area contributed by atoms with Crippen LogP contribution in [0.5, 0.6) is 0 Å². The van der Waals surface area contributed by atoms with Gasteiger partial charge in [-0.15, -0.1) is 10.2 Å². The molecule has 1 aromatic carbocycles. The van der Waals surface area contributed by atoms with E-state index in [9.17, 15) is 10.4 Å². The second-order valence-electron chi connectivity index (χ2n) is 5.11. The summed E-state index contributed by atoms with van der Waals surface area (Å²) in [6, 6.07) is 9.68. The molecule has 0 aliphatic heterocycles. The smallest absolute Gasteiger partial charge is 0.206 e. The third kappa shape index (κ3) is 3.60. The highest BCUT2D eigenvalue weighted by Crippen LogP contribution is 2.29. The van der Waals surface area contributed by atoms with Gasteiger partial charge in [-0.3, -0.25) is 0 Å². The Balaban J connectivity index is 1.84. The highest BCUT2D eigenvalue weighted by molar-refractivity contribution is 8.01. The molecular formula is C16H16N6OS2. The zero-order valence-electron chi connectivity index (χ0n) is 13.7. The minimum atomic E-state index is -0.0221. The molecule has 0 saturated heterocycles. The molecule has 0 atom stereocenters. The molecule has 128 valence electrons. The van der Waals surface area contributed by atoms with Crippen LogP contribution < -0.4 is 5.32 Å². The lowest BCUT2D eigenvalue weighted by atomic mass is 10.2. The van der Waals surface area contributed by atoms with Gasteiger partial charge in [-0.05, 0) is 19.1 Å². The molecule has 7 nitrogen and oxygen atoms in total. The summed E-state index contributed by atoms with van der Waals surface area (Å²) in [4.78, 5) is 4.47. The Bertz CT molecular complexity index is 969. The lowest BCUT2D eigenvalue weighted by Crippen LogP contribution is -2.00. The molecule has 0 aliphatic rings. The number of rotatable bonds is 6. The number of imidazole rings is 1. The molecule has 0 radical (unpaired) electrons. The van der Waals surface area contributed by atoms with E-state index in [0.717, 1.165) is 27.0 Å². The molecule has 0 aliphatic carbocycles. The Morgan fingerprint density at radius 2 is 2.20 bits per heavy atom. The van der Waals surface area contributed by atoms with Crippen LogP contribution in [0.25, 0.3) is 16.6 Å². The number of thioether (sulfide) groups is 1. The molecule has 0 fully saturated rings. The Kier molecular flexibility index (Phi) is 5.21. The summed E-state index contributed by atoms with van der Waals surface area (Å²) in [6.45, 7) is 2.76. The van der Waals surface area contributed by atoms with E-state index < -0.39 is 0 Å². The van der Waals surface area contributed by atoms with Crippen LogP contribution in [-0.4, -0.2) is 37.2 Å². The fraction of sp³-hybridized carbons (Fsp3) is 0.250. The van der Waals surface area contributed by atoms with Gasteiger partial charge >= 0.3 is 0 Å². The number of aliphatic hydroxyl groups excluding tert-OH is 1. The van der Waals surface area contributed by atoms with E-state index in [1.807, 2.05) is 42.8 Å². The first kappa shape index (κ1) is 17.3. The van der Waals surface area contributed by atoms with Gasteiger partial charge in [0.05, 0.1) is 16.8 Å². The van der Waals surface area contributed by atoms with Crippen molar-refractivity contribution in [3.05, 3.63) is 35.8 Å². The lowest BCUT2D eigenvalue weighted by molar-refractivity contribution is 0.420. The molecule has 0 bridgehead atoms. The molecule has 0 unspecified atom stereocenters. The second kappa shape index (κ2) is 7.55. The maximum absolute atomic E-state index is 10.4. The highest BCUT2D eigenvalue weighted by Gasteiger charge is 2.17. The number of nitrogens with one attached hydrogen (secondary N) is 1. The number of aromatic nitrogens is 4. The highest BCUT2D eigenvalue weighted by atomic mass is 32.2. The first-order valence-electron chi connectivity index (χ1n) is 7.58.